The third-order valence-corrected chi connectivity index (χ3v) is 12.3. The molecule has 61 heavy (non-hydrogen) atoms. The van der Waals surface area contributed by atoms with Gasteiger partial charge in [0.25, 0.3) is 0 Å². The molecule has 5 nitrogen and oxygen atoms in total. The van der Waals surface area contributed by atoms with Crippen molar-refractivity contribution >= 4 is 96.2 Å². The van der Waals surface area contributed by atoms with E-state index in [0.29, 0.717) is 0 Å². The zero-order valence-electron chi connectivity index (χ0n) is 33.7. The van der Waals surface area contributed by atoms with Crippen LogP contribution in [0, 0.1) is 0 Å². The Bertz CT molecular complexity index is 3640. The van der Waals surface area contributed by atoms with E-state index in [2.05, 4.69) is 190 Å². The quantitative estimate of drug-likeness (QED) is 0.164. The predicted octanol–water partition coefficient (Wildman–Crippen LogP) is 13.7. The average Bonchev–Trinajstić information content (AvgIpc) is 4.02. The van der Waals surface area contributed by atoms with Gasteiger partial charge in [-0.05, 0) is 122 Å². The van der Waals surface area contributed by atoms with Crippen LogP contribution in [-0.2, 0) is 6.42 Å². The van der Waals surface area contributed by atoms with Crippen LogP contribution in [0.2, 0.25) is 0 Å². The molecule has 6 aromatic carbocycles. The van der Waals surface area contributed by atoms with Crippen LogP contribution in [0.4, 0.5) is 11.4 Å². The second-order valence-corrected chi connectivity index (χ2v) is 15.9. The van der Waals surface area contributed by atoms with Gasteiger partial charge in [-0.15, -0.1) is 0 Å². The van der Waals surface area contributed by atoms with Gasteiger partial charge in [0.15, 0.2) is 0 Å². The number of nitrogens with one attached hydrogen (secondary N) is 1. The van der Waals surface area contributed by atoms with Crippen molar-refractivity contribution in [3.05, 3.63) is 191 Å². The second kappa shape index (κ2) is 14.2. The van der Waals surface area contributed by atoms with E-state index in [-0.39, 0.29) is 0 Å². The summed E-state index contributed by atoms with van der Waals surface area (Å²) in [6, 6.07) is 47.1. The SMILES string of the molecule is C/C=C\C=C/c1cc2c(n1-c1ccccc1)=CCC=C(n1c3c(c4c5oc6c(-c7ccccc7)c(Nc7ccc8oc9ccccc9c8c7)ccc6c5ccc41)CCC=C3)C=2. The molecule has 0 spiro atoms. The number of hydrogen-bond acceptors (Lipinski definition) is 3. The summed E-state index contributed by atoms with van der Waals surface area (Å²) < 4.78 is 18.3. The molecule has 1 N–H and O–H groups in total. The summed E-state index contributed by atoms with van der Waals surface area (Å²) in [4.78, 5) is 0. The van der Waals surface area contributed by atoms with Crippen molar-refractivity contribution in [3.63, 3.8) is 0 Å². The Morgan fingerprint density at radius 1 is 0.672 bits per heavy atom. The van der Waals surface area contributed by atoms with E-state index in [1.165, 1.54) is 27.2 Å². The van der Waals surface area contributed by atoms with Crippen molar-refractivity contribution in [1.29, 1.82) is 0 Å². The molecule has 0 amide bonds. The van der Waals surface area contributed by atoms with E-state index >= 15 is 0 Å². The van der Waals surface area contributed by atoms with Crippen LogP contribution >= 0.6 is 0 Å². The van der Waals surface area contributed by atoms with Crippen molar-refractivity contribution < 1.29 is 8.83 Å². The van der Waals surface area contributed by atoms with Crippen LogP contribution in [-0.4, -0.2) is 9.13 Å². The Morgan fingerprint density at radius 3 is 2.36 bits per heavy atom. The van der Waals surface area contributed by atoms with Crippen LogP contribution in [0.1, 0.15) is 36.7 Å². The fourth-order valence-electron chi connectivity index (χ4n) is 9.66. The lowest BCUT2D eigenvalue weighted by atomic mass is 9.98. The number of allylic oxidation sites excluding steroid dienone is 6. The highest BCUT2D eigenvalue weighted by atomic mass is 16.3. The van der Waals surface area contributed by atoms with E-state index < -0.39 is 0 Å². The molecule has 0 fully saturated rings. The van der Waals surface area contributed by atoms with Gasteiger partial charge in [0.1, 0.15) is 22.3 Å². The summed E-state index contributed by atoms with van der Waals surface area (Å²) in [7, 11) is 0. The smallest absolute Gasteiger partial charge is 0.145 e. The molecule has 0 radical (unpaired) electrons. The van der Waals surface area contributed by atoms with Gasteiger partial charge in [0.05, 0.1) is 11.2 Å². The molecule has 0 aliphatic heterocycles. The lowest BCUT2D eigenvalue weighted by Gasteiger charge is -2.13. The molecule has 0 unspecified atom stereocenters. The fourth-order valence-corrected chi connectivity index (χ4v) is 9.66. The number of fused-ring (bicyclic) bond motifs is 11. The first-order valence-electron chi connectivity index (χ1n) is 21.2. The van der Waals surface area contributed by atoms with Crippen molar-refractivity contribution in [1.82, 2.24) is 9.13 Å². The number of anilines is 2. The second-order valence-electron chi connectivity index (χ2n) is 15.9. The standard InChI is InChI=1S/C56H41N3O2/c1-2-3-6-20-40-33-37-34-41(21-15-25-48(37)58(40)39-18-9-5-10-19-39)59-49-24-13-11-23-45(49)54-50(59)31-29-44-43-28-30-47(53(55(43)61-56(44)54)36-16-7-4-8-17-36)57-38-27-32-52-46(35-38)42-22-12-14-26-51(42)60-52/h2-10,12-14,16-22,24-35,57H,11,15,23H2,1H3/b3-2-,20-6-. The van der Waals surface area contributed by atoms with E-state index in [0.717, 1.165) is 108 Å². The van der Waals surface area contributed by atoms with Crippen molar-refractivity contribution in [2.75, 3.05) is 5.32 Å². The monoisotopic (exact) mass is 787 g/mol. The number of para-hydroxylation sites is 2. The highest BCUT2D eigenvalue weighted by Crippen LogP contribution is 2.46. The largest absolute Gasteiger partial charge is 0.456 e. The molecule has 12 rings (SSSR count). The van der Waals surface area contributed by atoms with Crippen LogP contribution in [0.5, 0.6) is 0 Å². The molecule has 10 aromatic rings. The van der Waals surface area contributed by atoms with Gasteiger partial charge in [-0.3, -0.25) is 0 Å². The van der Waals surface area contributed by atoms with Gasteiger partial charge in [-0.1, -0.05) is 103 Å². The van der Waals surface area contributed by atoms with Gasteiger partial charge in [0, 0.05) is 71.5 Å². The van der Waals surface area contributed by atoms with Crippen molar-refractivity contribution in [3.8, 4) is 16.8 Å². The molecule has 292 valence electrons. The van der Waals surface area contributed by atoms with E-state index in [1.807, 2.05) is 19.1 Å². The van der Waals surface area contributed by atoms with E-state index in [4.69, 9.17) is 8.83 Å². The van der Waals surface area contributed by atoms with Gasteiger partial charge >= 0.3 is 0 Å². The van der Waals surface area contributed by atoms with Gasteiger partial charge < -0.3 is 23.3 Å². The molecule has 0 saturated heterocycles. The number of benzene rings is 6. The first-order valence-corrected chi connectivity index (χ1v) is 21.2. The Kier molecular flexibility index (Phi) is 8.20. The Morgan fingerprint density at radius 2 is 1.48 bits per heavy atom. The third-order valence-electron chi connectivity index (χ3n) is 12.3. The average molecular weight is 788 g/mol. The Labute approximate surface area is 352 Å². The number of hydrogen-bond donors (Lipinski definition) is 1. The summed E-state index contributed by atoms with van der Waals surface area (Å²) in [5.74, 6) is 0. The minimum Gasteiger partial charge on any atom is -0.456 e. The summed E-state index contributed by atoms with van der Waals surface area (Å²) in [5.41, 5.74) is 14.9. The van der Waals surface area contributed by atoms with Gasteiger partial charge in [0.2, 0.25) is 0 Å². The summed E-state index contributed by atoms with van der Waals surface area (Å²) >= 11 is 0. The van der Waals surface area contributed by atoms with Crippen molar-refractivity contribution in [2.24, 2.45) is 0 Å². The topological polar surface area (TPSA) is 48.2 Å². The first kappa shape index (κ1) is 35.2. The molecule has 4 heterocycles. The maximum absolute atomic E-state index is 7.26. The molecule has 2 aliphatic rings. The molecular formula is C56H41N3O2. The van der Waals surface area contributed by atoms with Crippen LogP contribution in [0.3, 0.4) is 0 Å². The minimum absolute atomic E-state index is 0.804. The van der Waals surface area contributed by atoms with Gasteiger partial charge in [-0.25, -0.2) is 0 Å². The highest BCUT2D eigenvalue weighted by molar-refractivity contribution is 6.20. The molecule has 0 bridgehead atoms. The van der Waals surface area contributed by atoms with Crippen LogP contribution in [0.25, 0.3) is 102 Å². The zero-order chi connectivity index (χ0) is 40.4. The summed E-state index contributed by atoms with van der Waals surface area (Å²) in [6.07, 6.45) is 22.9. The number of aromatic nitrogens is 2. The van der Waals surface area contributed by atoms with Crippen LogP contribution < -0.4 is 15.9 Å². The molecule has 2 aliphatic carbocycles. The maximum Gasteiger partial charge on any atom is 0.145 e. The van der Waals surface area contributed by atoms with Crippen LogP contribution in [0.15, 0.2) is 173 Å². The molecule has 0 saturated carbocycles. The molecule has 5 heteroatoms. The number of aryl methyl sites for hydroxylation is 1. The first-order chi connectivity index (χ1) is 30.2. The summed E-state index contributed by atoms with van der Waals surface area (Å²) in [5, 5.41) is 11.8. The Hall–Kier alpha value is -7.76. The summed E-state index contributed by atoms with van der Waals surface area (Å²) in [6.45, 7) is 2.05. The number of furan rings is 2. The van der Waals surface area contributed by atoms with E-state index in [9.17, 15) is 0 Å². The molecular weight excluding hydrogens is 747 g/mol. The predicted molar refractivity (Wildman–Crippen MR) is 256 cm³/mol. The number of nitrogens with zero attached hydrogens (tertiary/aromatic N) is 2. The zero-order valence-corrected chi connectivity index (χ0v) is 33.7. The normalized spacial score (nSPS) is 14.0. The minimum atomic E-state index is 0.804. The van der Waals surface area contributed by atoms with E-state index in [1.54, 1.807) is 0 Å². The maximum atomic E-state index is 7.26. The lowest BCUT2D eigenvalue weighted by Crippen LogP contribution is -2.28. The lowest BCUT2D eigenvalue weighted by molar-refractivity contribution is 0.669. The fraction of sp³-hybridized carbons (Fsp3) is 0.0714. The number of rotatable bonds is 7. The van der Waals surface area contributed by atoms with Crippen molar-refractivity contribution in [2.45, 2.75) is 26.2 Å². The Balaban J connectivity index is 1.04. The highest BCUT2D eigenvalue weighted by Gasteiger charge is 2.25. The van der Waals surface area contributed by atoms with Gasteiger partial charge in [-0.2, -0.15) is 0 Å². The molecule has 4 aromatic heterocycles. The third kappa shape index (κ3) is 5.69. The molecule has 0 atom stereocenters.